The van der Waals surface area contributed by atoms with Crippen molar-refractivity contribution in [2.45, 2.75) is 72.5 Å². The van der Waals surface area contributed by atoms with Crippen molar-refractivity contribution in [3.63, 3.8) is 0 Å². The van der Waals surface area contributed by atoms with E-state index in [0.29, 0.717) is 57.3 Å². The van der Waals surface area contributed by atoms with Crippen molar-refractivity contribution < 1.29 is 39.1 Å². The summed E-state index contributed by atoms with van der Waals surface area (Å²) in [4.78, 5) is 64.8. The summed E-state index contributed by atoms with van der Waals surface area (Å²) in [6.45, 7) is 12.7. The van der Waals surface area contributed by atoms with Gasteiger partial charge in [-0.2, -0.15) is 8.78 Å². The molecule has 2 atom stereocenters. The number of halogens is 4. The second kappa shape index (κ2) is 25.1. The van der Waals surface area contributed by atoms with E-state index in [4.69, 9.17) is 11.8 Å². The zero-order valence-corrected chi connectivity index (χ0v) is 33.6. The summed E-state index contributed by atoms with van der Waals surface area (Å²) in [5.74, 6) is -2.38. The largest absolute Gasteiger partial charge is 0.444 e. The number of nitrogens with one attached hydrogen (secondary N) is 1. The molecular weight excluding hydrogens is 781 g/mol. The lowest BCUT2D eigenvalue weighted by molar-refractivity contribution is -0.387. The molecule has 0 saturated carbocycles. The second-order valence-corrected chi connectivity index (χ2v) is 13.6. The topological polar surface area (TPSA) is 198 Å². The number of amides is 3. The van der Waals surface area contributed by atoms with Crippen LogP contribution in [0.25, 0.3) is 0 Å². The molecule has 0 spiro atoms. The Morgan fingerprint density at radius 2 is 1.20 bits per heavy atom. The van der Waals surface area contributed by atoms with Crippen LogP contribution in [0.5, 0.6) is 0 Å². The van der Waals surface area contributed by atoms with E-state index in [1.54, 1.807) is 37.5 Å². The van der Waals surface area contributed by atoms with Crippen molar-refractivity contribution in [1.82, 2.24) is 24.9 Å². The molecule has 2 aliphatic rings. The number of hydrogen-bond acceptors (Lipinski definition) is 11. The predicted molar refractivity (Wildman–Crippen MR) is 215 cm³/mol. The summed E-state index contributed by atoms with van der Waals surface area (Å²) in [5.41, 5.74) is 4.76. The van der Waals surface area contributed by atoms with Gasteiger partial charge in [0.05, 0.1) is 15.9 Å². The lowest BCUT2D eigenvalue weighted by atomic mass is 10.0. The summed E-state index contributed by atoms with van der Waals surface area (Å²) >= 11 is 0. The Morgan fingerprint density at radius 3 is 1.55 bits per heavy atom. The molecule has 16 nitrogen and oxygen atoms in total. The molecule has 2 heterocycles. The lowest BCUT2D eigenvalue weighted by Crippen LogP contribution is -2.55. The third-order valence-corrected chi connectivity index (χ3v) is 8.25. The van der Waals surface area contributed by atoms with E-state index in [9.17, 15) is 43.4 Å². The third kappa shape index (κ3) is 17.3. The first-order valence-corrected chi connectivity index (χ1v) is 17.1. The number of nitro groups is 2. The molecule has 4 rings (SSSR count). The standard InChI is InChI=1S/C19H27FN4O5.C14H19FN4O3.C2H6.CH4.2ClH/c1-19(2,3)29-18(26)21-15(17(25)23-9-7-22(4)8-10-23)12-13-5-6-16(24(27)28)14(20)11-13;1-17-4-6-18(7-5-17)14(20)12(16)9-10-2-3-13(19(21)22)11(15)8-10;1-2;;;/h5-6,11,15H,7-10,12H2,1-4H3,(H,21,26);2-3,8,12H,4-7,9,16H2,1H3;1-2H3;1H4;2*1H/t15-;12-;;;;/m11..../s1/i;;1D;;;. The van der Waals surface area contributed by atoms with Crippen molar-refractivity contribution in [2.24, 2.45) is 5.73 Å². The lowest BCUT2D eigenvalue weighted by Gasteiger charge is -2.35. The number of nitrogens with two attached hydrogens (primary N) is 1. The fraction of sp³-hybridized carbons (Fsp3) is 0.583. The molecule has 0 radical (unpaired) electrons. The Labute approximate surface area is 341 Å². The first kappa shape index (κ1) is 51.8. The highest BCUT2D eigenvalue weighted by Gasteiger charge is 2.31. The van der Waals surface area contributed by atoms with Crippen LogP contribution in [0.1, 0.15) is 54.5 Å². The Hall–Kier alpha value is -4.23. The molecule has 3 N–H and O–H groups in total. The van der Waals surface area contributed by atoms with Gasteiger partial charge in [-0.1, -0.05) is 33.4 Å². The molecule has 0 aliphatic carbocycles. The number of alkyl carbamates (subject to hydrolysis) is 1. The Kier molecular flexibility index (Phi) is 23.2. The zero-order valence-electron chi connectivity index (χ0n) is 33.0. The number of ether oxygens (including phenoxy) is 1. The SMILES string of the molecule is C.CN1CCN(C(=O)[C@@H](Cc2ccc([N+](=O)[O-])c(F)c2)NC(=O)OC(C)(C)C)CC1.CN1CCN(C(=O)[C@H](N)Cc2ccc([N+](=O)[O-])c(F)c2)CC1.Cl.Cl.[2H]CC. The van der Waals surface area contributed by atoms with Crippen molar-refractivity contribution in [2.75, 3.05) is 66.5 Å². The van der Waals surface area contributed by atoms with Crippen molar-refractivity contribution in [3.8, 4) is 0 Å². The first-order chi connectivity index (χ1) is 25.3. The minimum absolute atomic E-state index is 0. The van der Waals surface area contributed by atoms with Gasteiger partial charge in [-0.05, 0) is 64.5 Å². The maximum Gasteiger partial charge on any atom is 0.408 e. The number of benzene rings is 2. The van der Waals surface area contributed by atoms with Crippen LogP contribution < -0.4 is 11.1 Å². The van der Waals surface area contributed by atoms with Gasteiger partial charge in [-0.25, -0.2) is 4.79 Å². The van der Waals surface area contributed by atoms with E-state index >= 15 is 0 Å². The van der Waals surface area contributed by atoms with Crippen molar-refractivity contribution >= 4 is 54.1 Å². The summed E-state index contributed by atoms with van der Waals surface area (Å²) in [5, 5.41) is 23.9. The molecule has 2 fully saturated rings. The van der Waals surface area contributed by atoms with E-state index < -0.39 is 56.6 Å². The Morgan fingerprint density at radius 1 is 0.821 bits per heavy atom. The van der Waals surface area contributed by atoms with Gasteiger partial charge in [0.2, 0.25) is 23.4 Å². The Balaban J connectivity index is 0. The quantitative estimate of drug-likeness (QED) is 0.259. The van der Waals surface area contributed by atoms with Gasteiger partial charge in [0.1, 0.15) is 11.6 Å². The van der Waals surface area contributed by atoms with Crippen LogP contribution in [0, 0.1) is 31.9 Å². The number of likely N-dealkylation sites (N-methyl/N-ethyl adjacent to an activating group) is 2. The molecule has 0 aromatic heterocycles. The van der Waals surface area contributed by atoms with Gasteiger partial charge in [0, 0.05) is 72.3 Å². The monoisotopic (exact) mass is 839 g/mol. The van der Waals surface area contributed by atoms with Crippen LogP contribution in [0.4, 0.5) is 25.0 Å². The summed E-state index contributed by atoms with van der Waals surface area (Å²) < 4.78 is 39.0. The fourth-order valence-electron chi connectivity index (χ4n) is 5.39. The molecule has 0 bridgehead atoms. The highest BCUT2D eigenvalue weighted by Crippen LogP contribution is 2.21. The number of carbonyl (C=O) groups is 3. The fourth-order valence-corrected chi connectivity index (χ4v) is 5.39. The minimum Gasteiger partial charge on any atom is -0.444 e. The number of nitrogens with zero attached hydrogens (tertiary/aromatic N) is 6. The molecular formula is C36H58Cl2F2N8O8. The van der Waals surface area contributed by atoms with Crippen LogP contribution in [-0.4, -0.2) is 131 Å². The molecule has 0 unspecified atom stereocenters. The minimum atomic E-state index is -0.990. The maximum atomic E-state index is 14.0. The van der Waals surface area contributed by atoms with E-state index in [2.05, 4.69) is 15.1 Å². The van der Waals surface area contributed by atoms with Crippen LogP contribution in [0.2, 0.25) is 0 Å². The van der Waals surface area contributed by atoms with Gasteiger partial charge in [0.15, 0.2) is 0 Å². The average Bonchev–Trinajstić information content (AvgIpc) is 3.07. The summed E-state index contributed by atoms with van der Waals surface area (Å²) in [7, 11) is 3.94. The highest BCUT2D eigenvalue weighted by molar-refractivity contribution is 5.86. The number of nitro benzene ring substituents is 2. The third-order valence-electron chi connectivity index (χ3n) is 8.25. The number of piperazine rings is 2. The van der Waals surface area contributed by atoms with E-state index in [-0.39, 0.29) is 56.9 Å². The van der Waals surface area contributed by atoms with Gasteiger partial charge >= 0.3 is 17.5 Å². The van der Waals surface area contributed by atoms with Gasteiger partial charge in [-0.3, -0.25) is 29.8 Å². The molecule has 318 valence electrons. The maximum absolute atomic E-state index is 14.0. The number of hydrogen-bond donors (Lipinski definition) is 2. The smallest absolute Gasteiger partial charge is 0.408 e. The van der Waals surface area contributed by atoms with Crippen LogP contribution in [-0.2, 0) is 27.2 Å². The summed E-state index contributed by atoms with van der Waals surface area (Å²) in [6, 6.07) is 5.28. The average molecular weight is 841 g/mol. The molecule has 2 saturated heterocycles. The number of rotatable bonds is 9. The van der Waals surface area contributed by atoms with E-state index in [0.717, 1.165) is 37.4 Å². The molecule has 56 heavy (non-hydrogen) atoms. The molecule has 2 aromatic rings. The zero-order chi connectivity index (χ0) is 40.7. The molecule has 2 aliphatic heterocycles. The van der Waals surface area contributed by atoms with Crippen LogP contribution in [0.3, 0.4) is 0 Å². The van der Waals surface area contributed by atoms with Crippen molar-refractivity contribution in [3.05, 3.63) is 79.4 Å². The first-order valence-electron chi connectivity index (χ1n) is 17.8. The van der Waals surface area contributed by atoms with Crippen LogP contribution in [0.15, 0.2) is 36.4 Å². The van der Waals surface area contributed by atoms with E-state index in [1.807, 2.05) is 14.1 Å². The van der Waals surface area contributed by atoms with Gasteiger partial charge in [-0.15, -0.1) is 24.8 Å². The second-order valence-electron chi connectivity index (χ2n) is 13.6. The van der Waals surface area contributed by atoms with Crippen LogP contribution >= 0.6 is 24.8 Å². The predicted octanol–water partition coefficient (Wildman–Crippen LogP) is 4.83. The summed E-state index contributed by atoms with van der Waals surface area (Å²) in [6.07, 6.45) is -0.619. The highest BCUT2D eigenvalue weighted by atomic mass is 35.5. The van der Waals surface area contributed by atoms with Gasteiger partial charge in [0.25, 0.3) is 0 Å². The molecule has 20 heteroatoms. The van der Waals surface area contributed by atoms with Crippen molar-refractivity contribution in [1.29, 1.82) is 0 Å². The Bertz CT molecular complexity index is 1610. The van der Waals surface area contributed by atoms with E-state index in [1.165, 1.54) is 12.1 Å². The molecule has 3 amide bonds. The number of carbonyl (C=O) groups excluding carboxylic acids is 3. The normalized spacial score (nSPS) is 15.6. The van der Waals surface area contributed by atoms with Gasteiger partial charge < -0.3 is 35.4 Å². The molecule has 2 aromatic carbocycles.